The summed E-state index contributed by atoms with van der Waals surface area (Å²) in [6, 6.07) is 9.28. The number of benzene rings is 1. The van der Waals surface area contributed by atoms with Gasteiger partial charge >= 0.3 is 6.03 Å². The highest BCUT2D eigenvalue weighted by molar-refractivity contribution is 7.97. The molecule has 0 aliphatic rings. The fourth-order valence-corrected chi connectivity index (χ4v) is 3.30. The second-order valence-corrected chi connectivity index (χ2v) is 6.87. The van der Waals surface area contributed by atoms with Crippen molar-refractivity contribution in [1.29, 1.82) is 0 Å². The molecule has 1 atom stereocenters. The average Bonchev–Trinajstić information content (AvgIpc) is 3.01. The normalized spacial score (nSPS) is 13.4. The number of hydrogen-bond acceptors (Lipinski definition) is 4. The van der Waals surface area contributed by atoms with E-state index in [1.54, 1.807) is 18.7 Å². The molecular weight excluding hydrogens is 316 g/mol. The standard InChI is InChI=1S/C16H20N2O2S2/c1-16(20,13-6-7-22-10-13)11-17-15(19)18-14-5-3-4-12(8-14)9-21-2/h3-8,10,20H,9,11H2,1-2H3,(H2,17,18,19)/t16-/m0/s1. The van der Waals surface area contributed by atoms with Gasteiger partial charge in [0.25, 0.3) is 0 Å². The van der Waals surface area contributed by atoms with Crippen LogP contribution in [0.25, 0.3) is 0 Å². The molecule has 0 unspecified atom stereocenters. The zero-order valence-electron chi connectivity index (χ0n) is 12.6. The molecule has 1 aromatic carbocycles. The molecule has 0 fully saturated rings. The van der Waals surface area contributed by atoms with Gasteiger partial charge in [0.15, 0.2) is 0 Å². The molecule has 2 aromatic rings. The Balaban J connectivity index is 1.89. The Morgan fingerprint density at radius 2 is 2.23 bits per heavy atom. The minimum absolute atomic E-state index is 0.153. The number of rotatable bonds is 6. The number of aliphatic hydroxyl groups is 1. The summed E-state index contributed by atoms with van der Waals surface area (Å²) in [7, 11) is 0. The highest BCUT2D eigenvalue weighted by Crippen LogP contribution is 2.22. The first-order valence-corrected chi connectivity index (χ1v) is 9.23. The Hall–Kier alpha value is -1.50. The summed E-state index contributed by atoms with van der Waals surface area (Å²) in [5, 5.41) is 19.7. The first kappa shape index (κ1) is 16.9. The van der Waals surface area contributed by atoms with Gasteiger partial charge in [0.05, 0.1) is 6.54 Å². The summed E-state index contributed by atoms with van der Waals surface area (Å²) >= 11 is 3.25. The molecule has 2 amide bonds. The third kappa shape index (κ3) is 4.76. The highest BCUT2D eigenvalue weighted by Gasteiger charge is 2.24. The van der Waals surface area contributed by atoms with Gasteiger partial charge in [-0.1, -0.05) is 12.1 Å². The zero-order chi connectivity index (χ0) is 16.0. The van der Waals surface area contributed by atoms with Gasteiger partial charge < -0.3 is 15.7 Å². The predicted molar refractivity (Wildman–Crippen MR) is 94.6 cm³/mol. The van der Waals surface area contributed by atoms with Gasteiger partial charge in [-0.2, -0.15) is 23.1 Å². The molecule has 0 radical (unpaired) electrons. The van der Waals surface area contributed by atoms with Crippen molar-refractivity contribution in [2.75, 3.05) is 18.1 Å². The van der Waals surface area contributed by atoms with Crippen LogP contribution in [0.5, 0.6) is 0 Å². The smallest absolute Gasteiger partial charge is 0.319 e. The highest BCUT2D eigenvalue weighted by atomic mass is 32.2. The lowest BCUT2D eigenvalue weighted by Crippen LogP contribution is -2.40. The van der Waals surface area contributed by atoms with Crippen molar-refractivity contribution in [3.63, 3.8) is 0 Å². The number of hydrogen-bond donors (Lipinski definition) is 3. The molecule has 0 spiro atoms. The van der Waals surface area contributed by atoms with Gasteiger partial charge in [-0.15, -0.1) is 0 Å². The zero-order valence-corrected chi connectivity index (χ0v) is 14.3. The predicted octanol–water partition coefficient (Wildman–Crippen LogP) is 3.64. The van der Waals surface area contributed by atoms with Crippen LogP contribution in [0.1, 0.15) is 18.1 Å². The molecule has 2 rings (SSSR count). The maximum atomic E-state index is 12.0. The van der Waals surface area contributed by atoms with Gasteiger partial charge in [-0.3, -0.25) is 0 Å². The minimum atomic E-state index is -1.07. The Bertz CT molecular complexity index is 612. The van der Waals surface area contributed by atoms with E-state index in [1.165, 1.54) is 11.3 Å². The fourth-order valence-electron chi connectivity index (χ4n) is 2.01. The molecule has 6 heteroatoms. The van der Waals surface area contributed by atoms with Gasteiger partial charge in [0.2, 0.25) is 0 Å². The molecule has 3 N–H and O–H groups in total. The van der Waals surface area contributed by atoms with Crippen molar-refractivity contribution in [2.24, 2.45) is 0 Å². The Kier molecular flexibility index (Phi) is 5.88. The van der Waals surface area contributed by atoms with Crippen molar-refractivity contribution >= 4 is 34.8 Å². The molecule has 0 saturated heterocycles. The van der Waals surface area contributed by atoms with Crippen LogP contribution in [0.3, 0.4) is 0 Å². The minimum Gasteiger partial charge on any atom is -0.384 e. The van der Waals surface area contributed by atoms with Crippen LogP contribution in [-0.4, -0.2) is 23.9 Å². The molecule has 0 saturated carbocycles. The average molecular weight is 336 g/mol. The lowest BCUT2D eigenvalue weighted by molar-refractivity contribution is 0.0604. The van der Waals surface area contributed by atoms with Crippen LogP contribution < -0.4 is 10.6 Å². The maximum Gasteiger partial charge on any atom is 0.319 e. The van der Waals surface area contributed by atoms with Crippen molar-refractivity contribution in [2.45, 2.75) is 18.3 Å². The van der Waals surface area contributed by atoms with E-state index >= 15 is 0 Å². The first-order chi connectivity index (χ1) is 10.5. The number of carbonyl (C=O) groups is 1. The van der Waals surface area contributed by atoms with Gasteiger partial charge in [0.1, 0.15) is 5.60 Å². The van der Waals surface area contributed by atoms with Crippen molar-refractivity contribution in [3.8, 4) is 0 Å². The number of amides is 2. The van der Waals surface area contributed by atoms with Crippen LogP contribution in [0.15, 0.2) is 41.1 Å². The van der Waals surface area contributed by atoms with Gasteiger partial charge in [0, 0.05) is 11.4 Å². The number of urea groups is 1. The molecule has 0 bridgehead atoms. The largest absolute Gasteiger partial charge is 0.384 e. The summed E-state index contributed by atoms with van der Waals surface area (Å²) in [4.78, 5) is 12.0. The van der Waals surface area contributed by atoms with E-state index in [1.807, 2.05) is 47.3 Å². The molecule has 4 nitrogen and oxygen atoms in total. The third-order valence-electron chi connectivity index (χ3n) is 3.23. The number of nitrogens with one attached hydrogen (secondary N) is 2. The summed E-state index contributed by atoms with van der Waals surface area (Å²) in [5.41, 5.74) is 1.65. The van der Waals surface area contributed by atoms with E-state index in [0.717, 1.165) is 22.6 Å². The fraction of sp³-hybridized carbons (Fsp3) is 0.312. The quantitative estimate of drug-likeness (QED) is 0.755. The van der Waals surface area contributed by atoms with E-state index in [2.05, 4.69) is 10.6 Å². The molecule has 118 valence electrons. The van der Waals surface area contributed by atoms with E-state index < -0.39 is 5.60 Å². The summed E-state index contributed by atoms with van der Waals surface area (Å²) in [5.74, 6) is 0.907. The van der Waals surface area contributed by atoms with Crippen LogP contribution in [-0.2, 0) is 11.4 Å². The third-order valence-corrected chi connectivity index (χ3v) is 4.54. The van der Waals surface area contributed by atoms with Crippen molar-refractivity contribution in [3.05, 3.63) is 52.2 Å². The lowest BCUT2D eigenvalue weighted by Gasteiger charge is -2.22. The number of carbonyl (C=O) groups excluding carboxylic acids is 1. The Labute approximate surface area is 138 Å². The second kappa shape index (κ2) is 7.67. The summed E-state index contributed by atoms with van der Waals surface area (Å²) < 4.78 is 0. The molecule has 22 heavy (non-hydrogen) atoms. The van der Waals surface area contributed by atoms with Crippen LogP contribution in [0.4, 0.5) is 10.5 Å². The van der Waals surface area contributed by atoms with Crippen molar-refractivity contribution in [1.82, 2.24) is 5.32 Å². The van der Waals surface area contributed by atoms with Crippen LogP contribution >= 0.6 is 23.1 Å². The molecule has 0 aliphatic carbocycles. The topological polar surface area (TPSA) is 61.4 Å². The lowest BCUT2D eigenvalue weighted by atomic mass is 9.99. The SMILES string of the molecule is CSCc1cccc(NC(=O)NC[C@](C)(O)c2ccsc2)c1. The Morgan fingerprint density at radius 3 is 2.91 bits per heavy atom. The monoisotopic (exact) mass is 336 g/mol. The van der Waals surface area contributed by atoms with Gasteiger partial charge in [-0.25, -0.2) is 4.79 Å². The first-order valence-electron chi connectivity index (χ1n) is 6.89. The van der Waals surface area contributed by atoms with Crippen LogP contribution in [0, 0.1) is 0 Å². The summed E-state index contributed by atoms with van der Waals surface area (Å²) in [6.07, 6.45) is 2.04. The van der Waals surface area contributed by atoms with E-state index in [-0.39, 0.29) is 12.6 Å². The molecule has 1 aromatic heterocycles. The van der Waals surface area contributed by atoms with Gasteiger partial charge in [-0.05, 0) is 53.3 Å². The van der Waals surface area contributed by atoms with Crippen LogP contribution in [0.2, 0.25) is 0 Å². The molecule has 0 aliphatic heterocycles. The molecule has 1 heterocycles. The van der Waals surface area contributed by atoms with E-state index in [4.69, 9.17) is 0 Å². The van der Waals surface area contributed by atoms with E-state index in [9.17, 15) is 9.90 Å². The Morgan fingerprint density at radius 1 is 1.41 bits per heavy atom. The number of anilines is 1. The number of thioether (sulfide) groups is 1. The maximum absolute atomic E-state index is 12.0. The number of thiophene rings is 1. The van der Waals surface area contributed by atoms with E-state index in [0.29, 0.717) is 0 Å². The summed E-state index contributed by atoms with van der Waals surface area (Å²) in [6.45, 7) is 1.84. The van der Waals surface area contributed by atoms with Crippen molar-refractivity contribution < 1.29 is 9.90 Å². The molecular formula is C16H20N2O2S2. The second-order valence-electron chi connectivity index (χ2n) is 5.23.